The number of methoxy groups -OCH3 is 1. The van der Waals surface area contributed by atoms with Gasteiger partial charge in [-0.3, -0.25) is 29.1 Å². The first-order chi connectivity index (χ1) is 23.5. The topological polar surface area (TPSA) is 142 Å². The summed E-state index contributed by atoms with van der Waals surface area (Å²) in [5.74, 6) is 0.159. The summed E-state index contributed by atoms with van der Waals surface area (Å²) in [7, 11) is 3.47. The molecular weight excluding hydrogens is 696 g/mol. The minimum absolute atomic E-state index is 0.0219. The molecule has 0 aromatic heterocycles. The summed E-state index contributed by atoms with van der Waals surface area (Å²) in [4.78, 5) is 45.7. The van der Waals surface area contributed by atoms with E-state index in [1.165, 1.54) is 18.9 Å². The van der Waals surface area contributed by atoms with Gasteiger partial charge in [-0.2, -0.15) is 5.26 Å². The highest BCUT2D eigenvalue weighted by Gasteiger charge is 2.58. The highest BCUT2D eigenvalue weighted by atomic mass is 79.9. The van der Waals surface area contributed by atoms with E-state index in [-0.39, 0.29) is 25.1 Å². The Kier molecular flexibility index (Phi) is 7.22. The second kappa shape index (κ2) is 11.2. The molecule has 3 aromatic rings. The smallest absolute Gasteiger partial charge is 0.308 e. The summed E-state index contributed by atoms with van der Waals surface area (Å²) in [6.45, 7) is 4.82. The first kappa shape index (κ1) is 31.6. The number of ether oxygens (including phenoxy) is 4. The number of piperazine rings is 1. The predicted molar refractivity (Wildman–Crippen MR) is 177 cm³/mol. The van der Waals surface area contributed by atoms with Crippen molar-refractivity contribution >= 4 is 33.7 Å². The van der Waals surface area contributed by atoms with Crippen LogP contribution < -0.4 is 18.9 Å². The number of amides is 2. The van der Waals surface area contributed by atoms with Gasteiger partial charge in [0.25, 0.3) is 11.8 Å². The third-order valence-electron chi connectivity index (χ3n) is 10.9. The molecule has 5 aliphatic rings. The number of phenolic OH excluding ortho intramolecular Hbond substituents is 1. The quantitative estimate of drug-likeness (QED) is 0.231. The SMILES string of the molecule is COc1c(C)c(Br)c2c(c1O)[C@@H]1[C@@H]3Cc4c(OC(C)=O)c(C)c5c(c4[C@H](CN4C(=O)c6ccccc6C4=O)N3[C@@H](C#N)[C@H](C2)N1C)OCO5. The van der Waals surface area contributed by atoms with Gasteiger partial charge in [0.1, 0.15) is 11.8 Å². The van der Waals surface area contributed by atoms with Crippen LogP contribution in [0.3, 0.4) is 0 Å². The fraction of sp³-hybridized carbons (Fsp3) is 0.389. The highest BCUT2D eigenvalue weighted by molar-refractivity contribution is 9.10. The number of phenols is 1. The number of esters is 1. The average molecular weight is 730 g/mol. The maximum Gasteiger partial charge on any atom is 0.308 e. The molecule has 8 rings (SSSR count). The second-order valence-corrected chi connectivity index (χ2v) is 14.0. The summed E-state index contributed by atoms with van der Waals surface area (Å²) in [5.41, 5.74) is 4.80. The van der Waals surface area contributed by atoms with Crippen LogP contribution >= 0.6 is 15.9 Å². The molecule has 0 unspecified atom stereocenters. The molecule has 0 saturated carbocycles. The summed E-state index contributed by atoms with van der Waals surface area (Å²) in [5, 5.41) is 22.8. The van der Waals surface area contributed by atoms with E-state index in [1.807, 2.05) is 14.0 Å². The fourth-order valence-corrected chi connectivity index (χ4v) is 9.44. The van der Waals surface area contributed by atoms with Gasteiger partial charge in [0.05, 0.1) is 36.4 Å². The van der Waals surface area contributed by atoms with E-state index in [9.17, 15) is 24.8 Å². The van der Waals surface area contributed by atoms with Crippen molar-refractivity contribution in [1.29, 1.82) is 5.26 Å². The molecule has 2 amide bonds. The predicted octanol–water partition coefficient (Wildman–Crippen LogP) is 4.50. The number of likely N-dealkylation sites (N-methyl/N-ethyl adjacent to an activating group) is 1. The Balaban J connectivity index is 1.39. The van der Waals surface area contributed by atoms with Gasteiger partial charge < -0.3 is 24.1 Å². The van der Waals surface area contributed by atoms with Crippen LogP contribution in [0.4, 0.5) is 0 Å². The number of fused-ring (bicyclic) bond motifs is 10. The Morgan fingerprint density at radius 1 is 1.02 bits per heavy atom. The number of hydrogen-bond donors (Lipinski definition) is 1. The molecule has 3 aromatic carbocycles. The number of nitrogens with zero attached hydrogens (tertiary/aromatic N) is 4. The van der Waals surface area contributed by atoms with Crippen molar-refractivity contribution in [2.45, 2.75) is 63.8 Å². The standard InChI is InChI=1S/C36H33BrN4O8/c1-15-28(37)20-10-22-24(12-38)41-23(29(39(22)4)27(20)30(43)32(15)46-5)11-21-26(34-33(47-14-48-34)16(2)31(21)49-17(3)42)25(41)13-40-35(44)18-8-6-7-9-19(18)36(40)45/h6-9,22-25,29,43H,10-11,13-14H2,1-5H3/t22-,23-,24-,25-,29-/m0/s1. The zero-order chi connectivity index (χ0) is 34.6. The number of carbonyl (C=O) groups is 3. The van der Waals surface area contributed by atoms with E-state index in [1.54, 1.807) is 31.2 Å². The van der Waals surface area contributed by atoms with E-state index in [0.29, 0.717) is 69.2 Å². The van der Waals surface area contributed by atoms with Gasteiger partial charge in [0, 0.05) is 57.8 Å². The average Bonchev–Trinajstić information content (AvgIpc) is 3.66. The lowest BCUT2D eigenvalue weighted by atomic mass is 9.71. The van der Waals surface area contributed by atoms with Crippen LogP contribution in [0.25, 0.3) is 0 Å². The molecule has 12 nitrogen and oxygen atoms in total. The molecule has 5 aliphatic heterocycles. The van der Waals surface area contributed by atoms with Crippen molar-refractivity contribution in [3.05, 3.63) is 73.2 Å². The van der Waals surface area contributed by atoms with Gasteiger partial charge in [0.15, 0.2) is 23.0 Å². The molecular formula is C36H33BrN4O8. The van der Waals surface area contributed by atoms with Crippen molar-refractivity contribution in [1.82, 2.24) is 14.7 Å². The summed E-state index contributed by atoms with van der Waals surface area (Å²) in [6.07, 6.45) is 0.736. The summed E-state index contributed by atoms with van der Waals surface area (Å²) >= 11 is 3.78. The normalized spacial score (nSPS) is 24.9. The number of carbonyl (C=O) groups excluding carboxylic acids is 3. The minimum Gasteiger partial charge on any atom is -0.504 e. The molecule has 0 aliphatic carbocycles. The Hall–Kier alpha value is -4.64. The van der Waals surface area contributed by atoms with E-state index < -0.39 is 42.0 Å². The van der Waals surface area contributed by atoms with Gasteiger partial charge in [-0.1, -0.05) is 28.1 Å². The van der Waals surface area contributed by atoms with Crippen LogP contribution in [0.5, 0.6) is 28.7 Å². The minimum atomic E-state index is -0.760. The molecule has 49 heavy (non-hydrogen) atoms. The lowest BCUT2D eigenvalue weighted by molar-refractivity contribution is -0.132. The molecule has 5 atom stereocenters. The molecule has 252 valence electrons. The van der Waals surface area contributed by atoms with Crippen LogP contribution in [0, 0.1) is 25.2 Å². The summed E-state index contributed by atoms with van der Waals surface area (Å²) < 4.78 is 24.4. The third kappa shape index (κ3) is 4.23. The lowest BCUT2D eigenvalue weighted by Gasteiger charge is -2.60. The molecule has 2 bridgehead atoms. The largest absolute Gasteiger partial charge is 0.504 e. The molecule has 1 fully saturated rings. The lowest BCUT2D eigenvalue weighted by Crippen LogP contribution is -2.69. The number of imide groups is 1. The number of hydrogen-bond acceptors (Lipinski definition) is 11. The van der Waals surface area contributed by atoms with Gasteiger partial charge in [-0.05, 0) is 51.4 Å². The molecule has 0 spiro atoms. The van der Waals surface area contributed by atoms with E-state index in [2.05, 4.69) is 31.8 Å². The van der Waals surface area contributed by atoms with Gasteiger partial charge >= 0.3 is 5.97 Å². The van der Waals surface area contributed by atoms with Crippen LogP contribution in [-0.4, -0.2) is 83.2 Å². The van der Waals surface area contributed by atoms with E-state index in [4.69, 9.17) is 18.9 Å². The Morgan fingerprint density at radius 3 is 2.31 bits per heavy atom. The zero-order valence-corrected chi connectivity index (χ0v) is 29.1. The molecule has 5 heterocycles. The molecule has 0 radical (unpaired) electrons. The fourth-order valence-electron chi connectivity index (χ4n) is 8.88. The van der Waals surface area contributed by atoms with Crippen molar-refractivity contribution in [3.63, 3.8) is 0 Å². The summed E-state index contributed by atoms with van der Waals surface area (Å²) in [6, 6.07) is 6.55. The monoisotopic (exact) mass is 728 g/mol. The van der Waals surface area contributed by atoms with E-state index in [0.717, 1.165) is 15.6 Å². The van der Waals surface area contributed by atoms with Gasteiger partial charge in [-0.15, -0.1) is 0 Å². The third-order valence-corrected chi connectivity index (χ3v) is 12.0. The Labute approximate surface area is 290 Å². The maximum absolute atomic E-state index is 13.8. The van der Waals surface area contributed by atoms with Crippen LogP contribution in [0.1, 0.15) is 73.1 Å². The van der Waals surface area contributed by atoms with Crippen LogP contribution in [0.15, 0.2) is 28.7 Å². The van der Waals surface area contributed by atoms with Gasteiger partial charge in [0.2, 0.25) is 6.79 Å². The number of halogens is 1. The maximum atomic E-state index is 13.8. The van der Waals surface area contributed by atoms with Crippen molar-refractivity contribution in [3.8, 4) is 34.8 Å². The van der Waals surface area contributed by atoms with Crippen molar-refractivity contribution in [2.24, 2.45) is 0 Å². The number of nitriles is 1. The first-order valence-corrected chi connectivity index (χ1v) is 16.8. The molecule has 1 saturated heterocycles. The van der Waals surface area contributed by atoms with Crippen LogP contribution in [0.2, 0.25) is 0 Å². The van der Waals surface area contributed by atoms with E-state index >= 15 is 0 Å². The second-order valence-electron chi connectivity index (χ2n) is 13.2. The Morgan fingerprint density at radius 2 is 1.67 bits per heavy atom. The highest BCUT2D eigenvalue weighted by Crippen LogP contribution is 2.59. The van der Waals surface area contributed by atoms with Crippen molar-refractivity contribution in [2.75, 3.05) is 27.5 Å². The molecule has 1 N–H and O–H groups in total. The molecule has 13 heteroatoms. The first-order valence-electron chi connectivity index (χ1n) is 16.0. The zero-order valence-electron chi connectivity index (χ0n) is 27.5. The van der Waals surface area contributed by atoms with Crippen molar-refractivity contribution < 1.29 is 38.4 Å². The number of aromatic hydroxyl groups is 1. The number of rotatable bonds is 4. The number of benzene rings is 3. The van der Waals surface area contributed by atoms with Crippen LogP contribution in [-0.2, 0) is 17.6 Å². The van der Waals surface area contributed by atoms with Gasteiger partial charge in [-0.25, -0.2) is 0 Å². The Bertz CT molecular complexity index is 2020.